The third-order valence-corrected chi connectivity index (χ3v) is 10.1. The maximum Gasteiger partial charge on any atom is 0.249 e. The van der Waals surface area contributed by atoms with E-state index in [1.165, 1.54) is 0 Å². The molecule has 2 unspecified atom stereocenters. The topological polar surface area (TPSA) is 111 Å². The Hall–Kier alpha value is -4.28. The lowest BCUT2D eigenvalue weighted by molar-refractivity contribution is -0.118. The molecule has 4 aromatic carbocycles. The number of ketones is 2. The van der Waals surface area contributed by atoms with Crippen LogP contribution in [0, 0.1) is 0 Å². The fraction of sp³-hybridized carbons (Fsp3) is 0.222. The molecule has 8 nitrogen and oxygen atoms in total. The number of alkyl halides is 2. The van der Waals surface area contributed by atoms with Crippen molar-refractivity contribution in [1.82, 2.24) is 0 Å². The maximum absolute atomic E-state index is 13.5. The number of halogens is 2. The molecule has 6 rings (SSSR count). The number of unbranched alkanes of at least 4 members (excludes halogenated alkanes) is 1. The lowest BCUT2D eigenvalue weighted by Gasteiger charge is -2.31. The minimum atomic E-state index is -1.40. The summed E-state index contributed by atoms with van der Waals surface area (Å²) in [5, 5.41) is 5.69. The van der Waals surface area contributed by atoms with Crippen LogP contribution in [0.5, 0.6) is 11.5 Å². The van der Waals surface area contributed by atoms with E-state index in [1.54, 1.807) is 36.4 Å². The smallest absolute Gasteiger partial charge is 0.249 e. The average molecular weight is 746 g/mol. The Balaban J connectivity index is 1.02. The zero-order valence-electron chi connectivity index (χ0n) is 24.7. The van der Waals surface area contributed by atoms with Crippen LogP contribution in [-0.2, 0) is 22.4 Å². The first-order chi connectivity index (χ1) is 22.2. The number of amides is 2. The quantitative estimate of drug-likeness (QED) is 0.0978. The van der Waals surface area contributed by atoms with Crippen LogP contribution < -0.4 is 20.1 Å². The Morgan fingerprint density at radius 2 is 0.935 bits per heavy atom. The van der Waals surface area contributed by atoms with E-state index >= 15 is 0 Å². The molecule has 2 atom stereocenters. The Morgan fingerprint density at radius 3 is 1.33 bits per heavy atom. The second kappa shape index (κ2) is 13.2. The van der Waals surface area contributed by atoms with Crippen molar-refractivity contribution in [2.75, 3.05) is 23.8 Å². The SMILES string of the molecule is O=C1Nc2ccc(OCCCCOc3ccc4c(c3)C(=O)C(Br)(Cc3ccccc3)C(=O)N4)cc2C(=O)C1(Br)Cc1ccccc1. The largest absolute Gasteiger partial charge is 0.494 e. The van der Waals surface area contributed by atoms with Gasteiger partial charge in [0, 0.05) is 24.0 Å². The molecular weight excluding hydrogens is 716 g/mol. The van der Waals surface area contributed by atoms with Crippen LogP contribution in [0.3, 0.4) is 0 Å². The Kier molecular flexibility index (Phi) is 9.11. The number of benzene rings is 4. The van der Waals surface area contributed by atoms with Crippen molar-refractivity contribution >= 4 is 66.6 Å². The van der Waals surface area contributed by atoms with Crippen LogP contribution in [-0.4, -0.2) is 45.2 Å². The second-order valence-corrected chi connectivity index (χ2v) is 14.0. The molecule has 2 aliphatic heterocycles. The molecule has 46 heavy (non-hydrogen) atoms. The molecule has 2 aliphatic rings. The van der Waals surface area contributed by atoms with Gasteiger partial charge in [0.1, 0.15) is 11.5 Å². The number of rotatable bonds is 11. The molecule has 0 spiro atoms. The summed E-state index contributed by atoms with van der Waals surface area (Å²) in [6.45, 7) is 0.791. The van der Waals surface area contributed by atoms with Crippen molar-refractivity contribution in [1.29, 1.82) is 0 Å². The predicted molar refractivity (Wildman–Crippen MR) is 183 cm³/mol. The summed E-state index contributed by atoms with van der Waals surface area (Å²) in [6.07, 6.45) is 1.81. The van der Waals surface area contributed by atoms with E-state index in [-0.39, 0.29) is 24.4 Å². The minimum absolute atomic E-state index is 0.223. The molecular formula is C36H30Br2N2O6. The minimum Gasteiger partial charge on any atom is -0.494 e. The number of anilines is 2. The van der Waals surface area contributed by atoms with Gasteiger partial charge in [-0.3, -0.25) is 19.2 Å². The molecule has 2 heterocycles. The lowest BCUT2D eigenvalue weighted by atomic mass is 9.86. The van der Waals surface area contributed by atoms with Gasteiger partial charge in [-0.05, 0) is 60.4 Å². The van der Waals surface area contributed by atoms with Crippen molar-refractivity contribution in [3.8, 4) is 11.5 Å². The molecule has 0 saturated heterocycles. The van der Waals surface area contributed by atoms with E-state index in [0.29, 0.717) is 60.1 Å². The number of fused-ring (bicyclic) bond motifs is 2. The number of nitrogens with one attached hydrogen (secondary N) is 2. The van der Waals surface area contributed by atoms with Gasteiger partial charge < -0.3 is 20.1 Å². The standard InChI is InChI=1S/C36H30Br2N2O6/c37-35(21-23-9-3-1-4-10-23)31(41)27-19-25(13-15-29(27)39-33(35)43)45-17-7-8-18-46-26-14-16-30-28(20-26)32(42)36(38,34(44)40-30)22-24-11-5-2-6-12-24/h1-6,9-16,19-20H,7-8,17-18,21-22H2,(H,39,43)(H,40,44). The monoisotopic (exact) mass is 744 g/mol. The first-order valence-electron chi connectivity index (χ1n) is 14.9. The molecule has 0 aliphatic carbocycles. The van der Waals surface area contributed by atoms with Crippen LogP contribution in [0.15, 0.2) is 97.1 Å². The van der Waals surface area contributed by atoms with Gasteiger partial charge >= 0.3 is 0 Å². The summed E-state index contributed by atoms with van der Waals surface area (Å²) in [7, 11) is 0. The maximum atomic E-state index is 13.5. The molecule has 234 valence electrons. The van der Waals surface area contributed by atoms with E-state index in [0.717, 1.165) is 11.1 Å². The van der Waals surface area contributed by atoms with Gasteiger partial charge in [-0.1, -0.05) is 92.5 Å². The average Bonchev–Trinajstić information content (AvgIpc) is 3.06. The molecule has 10 heteroatoms. The van der Waals surface area contributed by atoms with Gasteiger partial charge in [0.15, 0.2) is 20.2 Å². The Bertz CT molecular complexity index is 1680. The van der Waals surface area contributed by atoms with Crippen molar-refractivity contribution in [2.24, 2.45) is 0 Å². The van der Waals surface area contributed by atoms with Crippen molar-refractivity contribution < 1.29 is 28.7 Å². The van der Waals surface area contributed by atoms with E-state index in [9.17, 15) is 19.2 Å². The van der Waals surface area contributed by atoms with Crippen molar-refractivity contribution in [3.05, 3.63) is 119 Å². The summed E-state index contributed by atoms with van der Waals surface area (Å²) in [4.78, 5) is 52.7. The molecule has 2 amide bonds. The highest BCUT2D eigenvalue weighted by Crippen LogP contribution is 2.39. The predicted octanol–water partition coefficient (Wildman–Crippen LogP) is 6.95. The third-order valence-electron chi connectivity index (χ3n) is 8.06. The van der Waals surface area contributed by atoms with Gasteiger partial charge in [0.2, 0.25) is 11.8 Å². The van der Waals surface area contributed by atoms with Crippen LogP contribution in [0.4, 0.5) is 11.4 Å². The van der Waals surface area contributed by atoms with Gasteiger partial charge in [0.05, 0.1) is 24.6 Å². The highest BCUT2D eigenvalue weighted by Gasteiger charge is 2.49. The van der Waals surface area contributed by atoms with Gasteiger partial charge in [-0.15, -0.1) is 0 Å². The van der Waals surface area contributed by atoms with E-state index in [4.69, 9.17) is 9.47 Å². The molecule has 0 bridgehead atoms. The van der Waals surface area contributed by atoms with Crippen LogP contribution in [0.2, 0.25) is 0 Å². The van der Waals surface area contributed by atoms with Crippen LogP contribution in [0.25, 0.3) is 0 Å². The van der Waals surface area contributed by atoms with Gasteiger partial charge in [-0.25, -0.2) is 0 Å². The van der Waals surface area contributed by atoms with Crippen LogP contribution in [0.1, 0.15) is 44.7 Å². The molecule has 4 aromatic rings. The first kappa shape index (κ1) is 31.7. The zero-order chi connectivity index (χ0) is 32.3. The molecule has 0 radical (unpaired) electrons. The number of ether oxygens (including phenoxy) is 2. The number of Topliss-reactive ketones (excluding diaryl/α,β-unsaturated/α-hetero) is 2. The third kappa shape index (κ3) is 6.37. The van der Waals surface area contributed by atoms with E-state index in [1.807, 2.05) is 60.7 Å². The van der Waals surface area contributed by atoms with E-state index < -0.39 is 20.5 Å². The number of carbonyl (C=O) groups is 4. The number of hydrogen-bond acceptors (Lipinski definition) is 6. The fourth-order valence-corrected chi connectivity index (χ4v) is 6.83. The Morgan fingerprint density at radius 1 is 0.543 bits per heavy atom. The van der Waals surface area contributed by atoms with Crippen molar-refractivity contribution in [3.63, 3.8) is 0 Å². The second-order valence-electron chi connectivity index (χ2n) is 11.3. The summed E-state index contributed by atoms with van der Waals surface area (Å²) in [5.74, 6) is -0.350. The highest BCUT2D eigenvalue weighted by molar-refractivity contribution is 9.10. The highest BCUT2D eigenvalue weighted by atomic mass is 79.9. The number of hydrogen-bond donors (Lipinski definition) is 2. The van der Waals surface area contributed by atoms with Crippen LogP contribution >= 0.6 is 31.9 Å². The first-order valence-corrected chi connectivity index (χ1v) is 16.5. The van der Waals surface area contributed by atoms with Gasteiger partial charge in [0.25, 0.3) is 0 Å². The summed E-state index contributed by atoms with van der Waals surface area (Å²) in [6, 6.07) is 28.9. The summed E-state index contributed by atoms with van der Waals surface area (Å²) < 4.78 is 9.06. The number of carbonyl (C=O) groups excluding carboxylic acids is 4. The Labute approximate surface area is 283 Å². The molecule has 0 saturated carbocycles. The lowest BCUT2D eigenvalue weighted by Crippen LogP contribution is -2.50. The van der Waals surface area contributed by atoms with Crippen molar-refractivity contribution in [2.45, 2.75) is 34.3 Å². The summed E-state index contributed by atoms with van der Waals surface area (Å²) in [5.41, 5.74) is 3.44. The summed E-state index contributed by atoms with van der Waals surface area (Å²) >= 11 is 6.89. The molecule has 0 fully saturated rings. The zero-order valence-corrected chi connectivity index (χ0v) is 27.9. The van der Waals surface area contributed by atoms with Gasteiger partial charge in [-0.2, -0.15) is 0 Å². The normalized spacial score (nSPS) is 20.3. The molecule has 0 aromatic heterocycles. The fourth-order valence-electron chi connectivity index (χ4n) is 5.56. The van der Waals surface area contributed by atoms with E-state index in [2.05, 4.69) is 42.5 Å². The molecule has 2 N–H and O–H groups in total.